The summed E-state index contributed by atoms with van der Waals surface area (Å²) in [6, 6.07) is 10.8. The summed E-state index contributed by atoms with van der Waals surface area (Å²) in [5.41, 5.74) is 1.42. The summed E-state index contributed by atoms with van der Waals surface area (Å²) in [4.78, 5) is 28.9. The Labute approximate surface area is 194 Å². The van der Waals surface area contributed by atoms with E-state index in [1.165, 1.54) is 18.4 Å². The maximum absolute atomic E-state index is 13.1. The van der Waals surface area contributed by atoms with Crippen molar-refractivity contribution in [1.82, 2.24) is 10.2 Å². The van der Waals surface area contributed by atoms with Crippen molar-refractivity contribution in [3.63, 3.8) is 0 Å². The van der Waals surface area contributed by atoms with Crippen LogP contribution < -0.4 is 5.32 Å². The van der Waals surface area contributed by atoms with Crippen molar-refractivity contribution in [2.45, 2.75) is 68.2 Å². The largest absolute Gasteiger partial charge is 0.351 e. The third-order valence-corrected chi connectivity index (χ3v) is 9.17. The van der Waals surface area contributed by atoms with Crippen LogP contribution in [0.25, 0.3) is 0 Å². The standard InChI is InChI=1S/C26H35BrN2O2/c27-21-9-8-20-14-23(26(31)19-6-7-19)25(22(20)15-21)28-24(30)16-29-12-10-18(11-13-29)17-4-2-1-3-5-17/h1-5,18-23,25H,6-16H2,(H,28,30). The Morgan fingerprint density at radius 3 is 2.42 bits per heavy atom. The van der Waals surface area contributed by atoms with Gasteiger partial charge in [0, 0.05) is 22.7 Å². The van der Waals surface area contributed by atoms with Gasteiger partial charge < -0.3 is 5.32 Å². The number of hydrogen-bond acceptors (Lipinski definition) is 3. The minimum Gasteiger partial charge on any atom is -0.351 e. The Morgan fingerprint density at radius 2 is 1.71 bits per heavy atom. The van der Waals surface area contributed by atoms with Crippen LogP contribution in [0.5, 0.6) is 0 Å². The number of rotatable bonds is 6. The SMILES string of the molecule is O=C(CN1CCC(c2ccccc2)CC1)NC1C(C(=O)C2CC2)CC2CCC(Br)CC21. The molecule has 3 aliphatic carbocycles. The third kappa shape index (κ3) is 4.93. The molecule has 1 aromatic carbocycles. The second-order valence-corrected chi connectivity index (χ2v) is 11.7. The molecule has 168 valence electrons. The molecule has 5 unspecified atom stereocenters. The normalized spacial score (nSPS) is 34.3. The van der Waals surface area contributed by atoms with E-state index >= 15 is 0 Å². The summed E-state index contributed by atoms with van der Waals surface area (Å²) >= 11 is 3.82. The van der Waals surface area contributed by atoms with Crippen molar-refractivity contribution in [3.05, 3.63) is 35.9 Å². The van der Waals surface area contributed by atoms with E-state index in [0.717, 1.165) is 51.6 Å². The number of likely N-dealkylation sites (tertiary alicyclic amines) is 1. The van der Waals surface area contributed by atoms with Gasteiger partial charge in [0.1, 0.15) is 5.78 Å². The molecule has 4 nitrogen and oxygen atoms in total. The summed E-state index contributed by atoms with van der Waals surface area (Å²) in [5, 5.41) is 3.38. The van der Waals surface area contributed by atoms with Crippen molar-refractivity contribution in [2.24, 2.45) is 23.7 Å². The van der Waals surface area contributed by atoms with Gasteiger partial charge in [0.05, 0.1) is 6.54 Å². The van der Waals surface area contributed by atoms with Crippen molar-refractivity contribution in [2.75, 3.05) is 19.6 Å². The molecular weight excluding hydrogens is 452 g/mol. The molecule has 5 rings (SSSR count). The number of ketones is 1. The number of alkyl halides is 1. The van der Waals surface area contributed by atoms with E-state index in [1.54, 1.807) is 0 Å². The van der Waals surface area contributed by atoms with Crippen molar-refractivity contribution < 1.29 is 9.59 Å². The number of Topliss-reactive ketones (excluding diaryl/α,β-unsaturated/α-hetero) is 1. The van der Waals surface area contributed by atoms with Crippen molar-refractivity contribution >= 4 is 27.6 Å². The molecule has 1 aromatic rings. The van der Waals surface area contributed by atoms with Crippen LogP contribution >= 0.6 is 15.9 Å². The summed E-state index contributed by atoms with van der Waals surface area (Å²) < 4.78 is 0. The number of nitrogens with one attached hydrogen (secondary N) is 1. The highest BCUT2D eigenvalue weighted by atomic mass is 79.9. The Kier molecular flexibility index (Phi) is 6.52. The monoisotopic (exact) mass is 486 g/mol. The number of carbonyl (C=O) groups excluding carboxylic acids is 2. The summed E-state index contributed by atoms with van der Waals surface area (Å²) in [6.45, 7) is 2.41. The second-order valence-electron chi connectivity index (χ2n) is 10.4. The molecular formula is C26H35BrN2O2. The van der Waals surface area contributed by atoms with Gasteiger partial charge in [-0.15, -0.1) is 0 Å². The molecule has 1 saturated heterocycles. The highest BCUT2D eigenvalue weighted by Gasteiger charge is 2.51. The Morgan fingerprint density at radius 1 is 0.968 bits per heavy atom. The van der Waals surface area contributed by atoms with Crippen LogP contribution in [0.4, 0.5) is 0 Å². The number of fused-ring (bicyclic) bond motifs is 1. The minimum absolute atomic E-state index is 0.0489. The highest BCUT2D eigenvalue weighted by Crippen LogP contribution is 2.49. The molecule has 5 atom stereocenters. The number of carbonyl (C=O) groups is 2. The number of amides is 1. The van der Waals surface area contributed by atoms with E-state index in [2.05, 4.69) is 56.5 Å². The first-order valence-corrected chi connectivity index (χ1v) is 13.2. The molecule has 1 amide bonds. The molecule has 1 aliphatic heterocycles. The third-order valence-electron chi connectivity index (χ3n) is 8.33. The molecule has 1 heterocycles. The zero-order valence-electron chi connectivity index (χ0n) is 18.3. The molecule has 0 radical (unpaired) electrons. The second kappa shape index (κ2) is 9.35. The molecule has 4 aliphatic rings. The number of benzene rings is 1. The lowest BCUT2D eigenvalue weighted by molar-refractivity contribution is -0.127. The fraction of sp³-hybridized carbons (Fsp3) is 0.692. The van der Waals surface area contributed by atoms with Gasteiger partial charge in [-0.05, 0) is 87.8 Å². The van der Waals surface area contributed by atoms with Crippen LogP contribution in [0.2, 0.25) is 0 Å². The van der Waals surface area contributed by atoms with Gasteiger partial charge in [0.25, 0.3) is 0 Å². The van der Waals surface area contributed by atoms with Crippen molar-refractivity contribution in [1.29, 1.82) is 0 Å². The lowest BCUT2D eigenvalue weighted by Gasteiger charge is -2.35. The van der Waals surface area contributed by atoms with Crippen LogP contribution in [0.1, 0.15) is 62.8 Å². The average Bonchev–Trinajstić information content (AvgIpc) is 3.58. The molecule has 31 heavy (non-hydrogen) atoms. The first kappa shape index (κ1) is 21.6. The fourth-order valence-corrected chi connectivity index (χ4v) is 7.17. The predicted octanol–water partition coefficient (Wildman–Crippen LogP) is 4.53. The molecule has 0 spiro atoms. The Bertz CT molecular complexity index is 788. The summed E-state index contributed by atoms with van der Waals surface area (Å²) in [6.07, 6.45) is 8.81. The van der Waals surface area contributed by atoms with Crippen LogP contribution in [0, 0.1) is 23.7 Å². The average molecular weight is 487 g/mol. The maximum Gasteiger partial charge on any atom is 0.234 e. The molecule has 5 heteroatoms. The highest BCUT2D eigenvalue weighted by molar-refractivity contribution is 9.09. The van der Waals surface area contributed by atoms with E-state index < -0.39 is 0 Å². The lowest BCUT2D eigenvalue weighted by Crippen LogP contribution is -2.49. The maximum atomic E-state index is 13.1. The Balaban J connectivity index is 1.18. The first-order chi connectivity index (χ1) is 15.1. The summed E-state index contributed by atoms with van der Waals surface area (Å²) in [5.74, 6) is 2.56. The molecule has 0 bridgehead atoms. The van der Waals surface area contributed by atoms with Gasteiger partial charge in [0.15, 0.2) is 0 Å². The van der Waals surface area contributed by atoms with Crippen LogP contribution in [-0.4, -0.2) is 47.1 Å². The van der Waals surface area contributed by atoms with Gasteiger partial charge in [-0.3, -0.25) is 14.5 Å². The van der Waals surface area contributed by atoms with Gasteiger partial charge >= 0.3 is 0 Å². The van der Waals surface area contributed by atoms with E-state index in [0.29, 0.717) is 34.9 Å². The van der Waals surface area contributed by atoms with Gasteiger partial charge in [-0.1, -0.05) is 46.3 Å². The molecule has 0 aromatic heterocycles. The molecule has 4 fully saturated rings. The van der Waals surface area contributed by atoms with E-state index in [-0.39, 0.29) is 23.8 Å². The number of hydrogen-bond donors (Lipinski definition) is 1. The van der Waals surface area contributed by atoms with E-state index in [4.69, 9.17) is 0 Å². The number of halogens is 1. The van der Waals surface area contributed by atoms with Crippen LogP contribution in [0.15, 0.2) is 30.3 Å². The van der Waals surface area contributed by atoms with Gasteiger partial charge in [0.2, 0.25) is 5.91 Å². The zero-order valence-corrected chi connectivity index (χ0v) is 19.9. The predicted molar refractivity (Wildman–Crippen MR) is 126 cm³/mol. The minimum atomic E-state index is 0.0489. The topological polar surface area (TPSA) is 49.4 Å². The van der Waals surface area contributed by atoms with Crippen LogP contribution in [0.3, 0.4) is 0 Å². The number of piperidine rings is 1. The number of nitrogens with zero attached hydrogens (tertiary/aromatic N) is 1. The van der Waals surface area contributed by atoms with E-state index in [9.17, 15) is 9.59 Å². The van der Waals surface area contributed by atoms with Crippen LogP contribution in [-0.2, 0) is 9.59 Å². The first-order valence-electron chi connectivity index (χ1n) is 12.3. The van der Waals surface area contributed by atoms with Crippen molar-refractivity contribution in [3.8, 4) is 0 Å². The smallest absolute Gasteiger partial charge is 0.234 e. The molecule has 1 N–H and O–H groups in total. The Hall–Kier alpha value is -1.20. The molecule has 3 saturated carbocycles. The summed E-state index contributed by atoms with van der Waals surface area (Å²) in [7, 11) is 0. The lowest BCUT2D eigenvalue weighted by atomic mass is 9.80. The van der Waals surface area contributed by atoms with Gasteiger partial charge in [-0.25, -0.2) is 0 Å². The van der Waals surface area contributed by atoms with E-state index in [1.807, 2.05) is 0 Å². The quantitative estimate of drug-likeness (QED) is 0.600. The zero-order chi connectivity index (χ0) is 21.4. The fourth-order valence-electron chi connectivity index (χ4n) is 6.47. The van der Waals surface area contributed by atoms with Gasteiger partial charge in [-0.2, -0.15) is 0 Å².